The lowest BCUT2D eigenvalue weighted by Gasteiger charge is -2.22. The molecule has 0 unspecified atom stereocenters. The summed E-state index contributed by atoms with van der Waals surface area (Å²) in [5.74, 6) is 0.294. The zero-order chi connectivity index (χ0) is 22.7. The van der Waals surface area contributed by atoms with Gasteiger partial charge in [0.1, 0.15) is 4.83 Å². The number of aromatic nitrogens is 2. The Kier molecular flexibility index (Phi) is 7.13. The number of hydrogen-bond acceptors (Lipinski definition) is 6. The fourth-order valence-corrected chi connectivity index (χ4v) is 5.61. The molecule has 8 nitrogen and oxygen atoms in total. The Bertz CT molecular complexity index is 1040. The molecule has 0 radical (unpaired) electrons. The van der Waals surface area contributed by atoms with Crippen molar-refractivity contribution in [2.24, 2.45) is 5.92 Å². The monoisotopic (exact) mass is 460 g/mol. The summed E-state index contributed by atoms with van der Waals surface area (Å²) in [6, 6.07) is 0. The number of rotatable bonds is 5. The van der Waals surface area contributed by atoms with E-state index in [1.807, 2.05) is 13.8 Å². The lowest BCUT2D eigenvalue weighted by molar-refractivity contribution is -0.131. The van der Waals surface area contributed by atoms with Crippen LogP contribution >= 0.6 is 11.3 Å². The van der Waals surface area contributed by atoms with Gasteiger partial charge in [-0.25, -0.2) is 9.78 Å². The van der Waals surface area contributed by atoms with Crippen molar-refractivity contribution in [1.82, 2.24) is 19.4 Å². The Hall–Kier alpha value is -2.42. The van der Waals surface area contributed by atoms with Crippen LogP contribution in [0.3, 0.4) is 0 Å². The molecule has 0 atom stereocenters. The number of nitrogens with zero attached hydrogens (tertiary/aromatic N) is 4. The van der Waals surface area contributed by atoms with E-state index in [4.69, 9.17) is 4.74 Å². The van der Waals surface area contributed by atoms with Gasteiger partial charge in [-0.3, -0.25) is 14.2 Å². The van der Waals surface area contributed by atoms with E-state index in [0.29, 0.717) is 45.2 Å². The van der Waals surface area contributed by atoms with E-state index in [9.17, 15) is 14.4 Å². The second kappa shape index (κ2) is 10.0. The van der Waals surface area contributed by atoms with Crippen molar-refractivity contribution < 1.29 is 14.3 Å². The van der Waals surface area contributed by atoms with E-state index in [1.54, 1.807) is 32.0 Å². The molecule has 0 aromatic carbocycles. The second-order valence-electron chi connectivity index (χ2n) is 9.08. The lowest BCUT2D eigenvalue weighted by Crippen LogP contribution is -2.38. The molecule has 0 spiro atoms. The number of amides is 2. The predicted molar refractivity (Wildman–Crippen MR) is 124 cm³/mol. The molecule has 1 aliphatic heterocycles. The van der Waals surface area contributed by atoms with Crippen molar-refractivity contribution >= 4 is 33.6 Å². The maximum absolute atomic E-state index is 13.1. The highest BCUT2D eigenvalue weighted by atomic mass is 32.1. The van der Waals surface area contributed by atoms with Crippen LogP contribution in [0.5, 0.6) is 0 Å². The third-order valence-corrected chi connectivity index (χ3v) is 7.36. The summed E-state index contributed by atoms with van der Waals surface area (Å²) in [7, 11) is 0. The number of fused-ring (bicyclic) bond motifs is 3. The molecule has 1 saturated heterocycles. The number of aryl methyl sites for hydroxylation is 3. The fourth-order valence-electron chi connectivity index (χ4n) is 4.39. The van der Waals surface area contributed by atoms with Gasteiger partial charge in [-0.2, -0.15) is 0 Å². The molecule has 32 heavy (non-hydrogen) atoms. The smallest absolute Gasteiger partial charge is 0.409 e. The van der Waals surface area contributed by atoms with E-state index < -0.39 is 0 Å². The molecule has 2 aromatic rings. The van der Waals surface area contributed by atoms with E-state index in [1.165, 1.54) is 16.9 Å². The Balaban J connectivity index is 1.36. The summed E-state index contributed by atoms with van der Waals surface area (Å²) in [6.45, 7) is 6.88. The van der Waals surface area contributed by atoms with Crippen molar-refractivity contribution in [2.75, 3.05) is 32.8 Å². The highest BCUT2D eigenvalue weighted by Gasteiger charge is 2.24. The Morgan fingerprint density at radius 1 is 1.09 bits per heavy atom. The van der Waals surface area contributed by atoms with Crippen molar-refractivity contribution in [3.05, 3.63) is 27.1 Å². The van der Waals surface area contributed by atoms with Crippen LogP contribution in [0.15, 0.2) is 11.1 Å². The first-order valence-corrected chi connectivity index (χ1v) is 12.4. The minimum Gasteiger partial charge on any atom is -0.449 e. The molecule has 0 bridgehead atoms. The molecular formula is C23H32N4O4S. The van der Waals surface area contributed by atoms with Gasteiger partial charge < -0.3 is 14.5 Å². The first kappa shape index (κ1) is 22.8. The summed E-state index contributed by atoms with van der Waals surface area (Å²) in [5, 5.41) is 0.755. The van der Waals surface area contributed by atoms with Gasteiger partial charge in [0.15, 0.2) is 0 Å². The molecule has 2 amide bonds. The maximum atomic E-state index is 13.1. The maximum Gasteiger partial charge on any atom is 0.409 e. The number of hydrogen-bond donors (Lipinski definition) is 0. The van der Waals surface area contributed by atoms with E-state index >= 15 is 0 Å². The van der Waals surface area contributed by atoms with Gasteiger partial charge in [-0.05, 0) is 43.6 Å². The third kappa shape index (κ3) is 4.98. The quantitative estimate of drug-likeness (QED) is 0.685. The zero-order valence-corrected chi connectivity index (χ0v) is 19.8. The summed E-state index contributed by atoms with van der Waals surface area (Å²) in [5.41, 5.74) is 1.14. The van der Waals surface area contributed by atoms with Crippen molar-refractivity contribution in [1.29, 1.82) is 0 Å². The van der Waals surface area contributed by atoms with Crippen molar-refractivity contribution in [2.45, 2.75) is 58.9 Å². The molecule has 0 saturated carbocycles. The number of ether oxygens (including phenoxy) is 1. The van der Waals surface area contributed by atoms with Gasteiger partial charge in [0.05, 0.1) is 18.3 Å². The topological polar surface area (TPSA) is 84.7 Å². The van der Waals surface area contributed by atoms with Gasteiger partial charge in [0, 0.05) is 44.0 Å². The van der Waals surface area contributed by atoms with Crippen LogP contribution in [0.1, 0.15) is 50.0 Å². The summed E-state index contributed by atoms with van der Waals surface area (Å²) in [6.07, 6.45) is 6.50. The summed E-state index contributed by atoms with van der Waals surface area (Å²) >= 11 is 1.64. The molecular weight excluding hydrogens is 428 g/mol. The average Bonchev–Trinajstić information content (AvgIpc) is 2.98. The van der Waals surface area contributed by atoms with Crippen molar-refractivity contribution in [3.63, 3.8) is 0 Å². The van der Waals surface area contributed by atoms with Crippen LogP contribution in [0, 0.1) is 5.92 Å². The molecule has 1 fully saturated rings. The van der Waals surface area contributed by atoms with E-state index in [-0.39, 0.29) is 24.0 Å². The molecule has 1 aliphatic carbocycles. The molecule has 2 aromatic heterocycles. The molecule has 9 heteroatoms. The number of thiophene rings is 1. The zero-order valence-electron chi connectivity index (χ0n) is 19.0. The SMILES string of the molecule is CC(C)COC(=O)N1CCCN(C(=O)CCn2cnc3sc4c(c3c2=O)CCCC4)CC1. The Morgan fingerprint density at radius 2 is 1.84 bits per heavy atom. The minimum absolute atomic E-state index is 0.00161. The van der Waals surface area contributed by atoms with Crippen LogP contribution in [0.25, 0.3) is 10.2 Å². The van der Waals surface area contributed by atoms with Crippen LogP contribution in [0.4, 0.5) is 4.79 Å². The minimum atomic E-state index is -0.307. The van der Waals surface area contributed by atoms with Gasteiger partial charge in [-0.15, -0.1) is 11.3 Å². The highest BCUT2D eigenvalue weighted by molar-refractivity contribution is 7.18. The highest BCUT2D eigenvalue weighted by Crippen LogP contribution is 2.33. The Labute approximate surface area is 192 Å². The second-order valence-corrected chi connectivity index (χ2v) is 10.2. The van der Waals surface area contributed by atoms with Crippen molar-refractivity contribution in [3.8, 4) is 0 Å². The number of carbonyl (C=O) groups excluding carboxylic acids is 2. The summed E-state index contributed by atoms with van der Waals surface area (Å²) < 4.78 is 6.90. The number of carbonyl (C=O) groups is 2. The largest absolute Gasteiger partial charge is 0.449 e. The van der Waals surface area contributed by atoms with Crippen LogP contribution < -0.4 is 5.56 Å². The third-order valence-electron chi connectivity index (χ3n) is 6.16. The Morgan fingerprint density at radius 3 is 2.66 bits per heavy atom. The van der Waals surface area contributed by atoms with E-state index in [0.717, 1.165) is 35.9 Å². The van der Waals surface area contributed by atoms with Crippen LogP contribution in [-0.2, 0) is 28.9 Å². The fraction of sp³-hybridized carbons (Fsp3) is 0.652. The van der Waals surface area contributed by atoms with Gasteiger partial charge in [-0.1, -0.05) is 13.8 Å². The molecule has 174 valence electrons. The normalized spacial score (nSPS) is 16.8. The van der Waals surface area contributed by atoms with Crippen LogP contribution in [-0.4, -0.2) is 64.1 Å². The first-order valence-electron chi connectivity index (χ1n) is 11.6. The van der Waals surface area contributed by atoms with Gasteiger partial charge >= 0.3 is 6.09 Å². The average molecular weight is 461 g/mol. The van der Waals surface area contributed by atoms with Gasteiger partial charge in [0.25, 0.3) is 5.56 Å². The standard InChI is InChI=1S/C23H32N4O4S/c1-16(2)14-31-23(30)26-10-5-9-25(12-13-26)19(28)8-11-27-15-24-21-20(22(27)29)17-6-3-4-7-18(17)32-21/h15-16H,3-14H2,1-2H3. The predicted octanol–water partition coefficient (Wildman–Crippen LogP) is 3.05. The van der Waals surface area contributed by atoms with Crippen LogP contribution in [0.2, 0.25) is 0 Å². The molecule has 4 rings (SSSR count). The summed E-state index contributed by atoms with van der Waals surface area (Å²) in [4.78, 5) is 48.2. The molecule has 0 N–H and O–H groups in total. The van der Waals surface area contributed by atoms with E-state index in [2.05, 4.69) is 4.98 Å². The first-order chi connectivity index (χ1) is 15.4. The molecule has 2 aliphatic rings. The van der Waals surface area contributed by atoms with Gasteiger partial charge in [0.2, 0.25) is 5.91 Å². The molecule has 3 heterocycles. The lowest BCUT2D eigenvalue weighted by atomic mass is 9.97.